The van der Waals surface area contributed by atoms with E-state index in [4.69, 9.17) is 5.26 Å². The lowest BCUT2D eigenvalue weighted by molar-refractivity contribution is -0.134. The van der Waals surface area contributed by atoms with E-state index in [0.717, 1.165) is 5.56 Å². The van der Waals surface area contributed by atoms with Gasteiger partial charge in [0.2, 0.25) is 5.91 Å². The second kappa shape index (κ2) is 4.70. The molecule has 0 N–H and O–H groups in total. The molecule has 0 heterocycles. The molecule has 0 aromatic heterocycles. The minimum atomic E-state index is -0.720. The van der Waals surface area contributed by atoms with Gasteiger partial charge in [-0.15, -0.1) is 0 Å². The Hall–Kier alpha value is -1.82. The van der Waals surface area contributed by atoms with Crippen molar-refractivity contribution < 1.29 is 4.79 Å². The molecular weight excluding hydrogens is 236 g/mol. The molecule has 1 aliphatic carbocycles. The summed E-state index contributed by atoms with van der Waals surface area (Å²) in [4.78, 5) is 13.9. The molecule has 1 aliphatic rings. The normalized spacial score (nSPS) is 15.7. The van der Waals surface area contributed by atoms with Crippen LogP contribution < -0.4 is 0 Å². The summed E-state index contributed by atoms with van der Waals surface area (Å²) in [5.74, 6) is -0.0346. The Balaban J connectivity index is 2.16. The van der Waals surface area contributed by atoms with Gasteiger partial charge in [0.15, 0.2) is 0 Å². The molecule has 0 bridgehead atoms. The first kappa shape index (κ1) is 13.6. The van der Waals surface area contributed by atoms with Crippen LogP contribution >= 0.6 is 0 Å². The van der Waals surface area contributed by atoms with Crippen molar-refractivity contribution in [2.75, 3.05) is 7.05 Å². The minimum Gasteiger partial charge on any atom is -0.340 e. The van der Waals surface area contributed by atoms with E-state index >= 15 is 0 Å². The maximum Gasteiger partial charge on any atom is 0.243 e. The third-order valence-corrected chi connectivity index (χ3v) is 4.30. The van der Waals surface area contributed by atoms with Gasteiger partial charge in [0.1, 0.15) is 5.41 Å². The molecule has 1 amide bonds. The molecule has 1 fully saturated rings. The van der Waals surface area contributed by atoms with Gasteiger partial charge in [0, 0.05) is 13.6 Å². The maximum absolute atomic E-state index is 12.2. The van der Waals surface area contributed by atoms with Gasteiger partial charge in [0.05, 0.1) is 6.07 Å². The molecule has 0 saturated heterocycles. The number of carbonyl (C=O) groups is 1. The molecule has 1 saturated carbocycles. The standard InChI is InChI=1S/C16H20N2O/c1-11-5-6-14(13(3)12(11)2)9-18(4)15(19)16(10-17)7-8-16/h5-6H,7-9H2,1-4H3. The number of amides is 1. The smallest absolute Gasteiger partial charge is 0.243 e. The summed E-state index contributed by atoms with van der Waals surface area (Å²) in [5.41, 5.74) is 4.22. The van der Waals surface area contributed by atoms with E-state index in [1.807, 2.05) is 0 Å². The second-order valence-corrected chi connectivity index (χ2v) is 5.65. The number of nitriles is 1. The summed E-state index contributed by atoms with van der Waals surface area (Å²) in [6.07, 6.45) is 1.41. The summed E-state index contributed by atoms with van der Waals surface area (Å²) in [6.45, 7) is 6.87. The van der Waals surface area contributed by atoms with Crippen LogP contribution in [-0.2, 0) is 11.3 Å². The summed E-state index contributed by atoms with van der Waals surface area (Å²) in [6, 6.07) is 6.33. The van der Waals surface area contributed by atoms with Gasteiger partial charge in [-0.1, -0.05) is 12.1 Å². The molecule has 3 nitrogen and oxygen atoms in total. The lowest BCUT2D eigenvalue weighted by Crippen LogP contribution is -2.33. The van der Waals surface area contributed by atoms with Crippen LogP contribution in [0.3, 0.4) is 0 Å². The zero-order valence-electron chi connectivity index (χ0n) is 12.1. The molecule has 0 spiro atoms. The van der Waals surface area contributed by atoms with Crippen molar-refractivity contribution in [3.63, 3.8) is 0 Å². The van der Waals surface area contributed by atoms with Gasteiger partial charge in [-0.2, -0.15) is 5.26 Å². The number of rotatable bonds is 3. The van der Waals surface area contributed by atoms with Crippen LogP contribution in [0.15, 0.2) is 12.1 Å². The number of aryl methyl sites for hydroxylation is 1. The highest BCUT2D eigenvalue weighted by Gasteiger charge is 2.51. The predicted molar refractivity (Wildman–Crippen MR) is 74.4 cm³/mol. The van der Waals surface area contributed by atoms with E-state index in [2.05, 4.69) is 39.0 Å². The van der Waals surface area contributed by atoms with E-state index in [1.54, 1.807) is 11.9 Å². The number of hydrogen-bond donors (Lipinski definition) is 0. The van der Waals surface area contributed by atoms with E-state index in [0.29, 0.717) is 19.4 Å². The summed E-state index contributed by atoms with van der Waals surface area (Å²) >= 11 is 0. The third kappa shape index (κ3) is 2.35. The van der Waals surface area contributed by atoms with Crippen LogP contribution in [0.5, 0.6) is 0 Å². The van der Waals surface area contributed by atoms with Gasteiger partial charge < -0.3 is 4.90 Å². The summed E-state index contributed by atoms with van der Waals surface area (Å²) < 4.78 is 0. The first-order chi connectivity index (χ1) is 8.91. The Bertz CT molecular complexity index is 565. The first-order valence-electron chi connectivity index (χ1n) is 6.64. The van der Waals surface area contributed by atoms with Crippen molar-refractivity contribution in [1.29, 1.82) is 5.26 Å². The molecule has 100 valence electrons. The van der Waals surface area contributed by atoms with E-state index in [1.165, 1.54) is 16.7 Å². The molecular formula is C16H20N2O. The van der Waals surface area contributed by atoms with Crippen LogP contribution in [0, 0.1) is 37.5 Å². The highest BCUT2D eigenvalue weighted by atomic mass is 16.2. The topological polar surface area (TPSA) is 44.1 Å². The van der Waals surface area contributed by atoms with Crippen LogP contribution in [0.25, 0.3) is 0 Å². The Labute approximate surface area is 114 Å². The van der Waals surface area contributed by atoms with E-state index in [9.17, 15) is 4.79 Å². The van der Waals surface area contributed by atoms with Crippen molar-refractivity contribution >= 4 is 5.91 Å². The van der Waals surface area contributed by atoms with Crippen LogP contribution in [-0.4, -0.2) is 17.9 Å². The molecule has 0 unspecified atom stereocenters. The zero-order valence-corrected chi connectivity index (χ0v) is 12.1. The van der Waals surface area contributed by atoms with E-state index < -0.39 is 5.41 Å². The maximum atomic E-state index is 12.2. The average molecular weight is 256 g/mol. The molecule has 3 heteroatoms. The third-order valence-electron chi connectivity index (χ3n) is 4.30. The quantitative estimate of drug-likeness (QED) is 0.834. The van der Waals surface area contributed by atoms with Gasteiger partial charge in [0.25, 0.3) is 0 Å². The van der Waals surface area contributed by atoms with Gasteiger partial charge >= 0.3 is 0 Å². The SMILES string of the molecule is Cc1ccc(CN(C)C(=O)C2(C#N)CC2)c(C)c1C. The number of benzene rings is 1. The summed E-state index contributed by atoms with van der Waals surface area (Å²) in [7, 11) is 1.79. The van der Waals surface area contributed by atoms with Crippen molar-refractivity contribution in [3.05, 3.63) is 34.4 Å². The highest BCUT2D eigenvalue weighted by Crippen LogP contribution is 2.46. The van der Waals surface area contributed by atoms with Crippen molar-refractivity contribution in [2.45, 2.75) is 40.2 Å². The number of nitrogens with zero attached hydrogens (tertiary/aromatic N) is 2. The average Bonchev–Trinajstić information content (AvgIpc) is 3.19. The van der Waals surface area contributed by atoms with Crippen molar-refractivity contribution in [2.24, 2.45) is 5.41 Å². The Morgan fingerprint density at radius 1 is 1.32 bits per heavy atom. The fourth-order valence-corrected chi connectivity index (χ4v) is 2.37. The van der Waals surface area contributed by atoms with Gasteiger partial charge in [-0.3, -0.25) is 4.79 Å². The summed E-state index contributed by atoms with van der Waals surface area (Å²) in [5, 5.41) is 9.08. The Morgan fingerprint density at radius 2 is 1.95 bits per heavy atom. The lowest BCUT2D eigenvalue weighted by Gasteiger charge is -2.21. The Kier molecular flexibility index (Phi) is 3.36. The molecule has 0 radical (unpaired) electrons. The van der Waals surface area contributed by atoms with Crippen molar-refractivity contribution in [3.8, 4) is 6.07 Å². The zero-order chi connectivity index (χ0) is 14.2. The molecule has 19 heavy (non-hydrogen) atoms. The van der Waals surface area contributed by atoms with E-state index in [-0.39, 0.29) is 5.91 Å². The van der Waals surface area contributed by atoms with Crippen LogP contribution in [0.2, 0.25) is 0 Å². The molecule has 1 aromatic rings. The largest absolute Gasteiger partial charge is 0.340 e. The fraction of sp³-hybridized carbons (Fsp3) is 0.500. The van der Waals surface area contributed by atoms with Crippen LogP contribution in [0.1, 0.15) is 35.1 Å². The molecule has 0 aliphatic heterocycles. The van der Waals surface area contributed by atoms with Crippen molar-refractivity contribution in [1.82, 2.24) is 4.90 Å². The first-order valence-corrected chi connectivity index (χ1v) is 6.64. The highest BCUT2D eigenvalue weighted by molar-refractivity contribution is 5.88. The van der Waals surface area contributed by atoms with Gasteiger partial charge in [-0.05, 0) is 55.9 Å². The minimum absolute atomic E-state index is 0.0346. The second-order valence-electron chi connectivity index (χ2n) is 5.65. The van der Waals surface area contributed by atoms with Gasteiger partial charge in [-0.25, -0.2) is 0 Å². The molecule has 0 atom stereocenters. The number of carbonyl (C=O) groups excluding carboxylic acids is 1. The fourth-order valence-electron chi connectivity index (χ4n) is 2.37. The lowest BCUT2D eigenvalue weighted by atomic mass is 9.98. The molecule has 1 aromatic carbocycles. The number of hydrogen-bond acceptors (Lipinski definition) is 2. The predicted octanol–water partition coefficient (Wildman–Crippen LogP) is 2.87. The van der Waals surface area contributed by atoms with Crippen LogP contribution in [0.4, 0.5) is 0 Å². The molecule has 2 rings (SSSR count). The monoisotopic (exact) mass is 256 g/mol. The Morgan fingerprint density at radius 3 is 2.47 bits per heavy atom.